The second-order valence-corrected chi connectivity index (χ2v) is 4.68. The molecule has 0 heterocycles. The van der Waals surface area contributed by atoms with Crippen molar-refractivity contribution >= 4 is 5.69 Å². The first-order valence-electron chi connectivity index (χ1n) is 7.17. The van der Waals surface area contributed by atoms with Crippen LogP contribution in [0, 0.1) is 10.1 Å². The molecule has 4 heteroatoms. The number of non-ortho nitro benzene ring substituents is 1. The lowest BCUT2D eigenvalue weighted by molar-refractivity contribution is -0.384. The van der Waals surface area contributed by atoms with Crippen LogP contribution in [0.1, 0.15) is 5.56 Å². The molecule has 116 valence electrons. The van der Waals surface area contributed by atoms with Crippen molar-refractivity contribution in [3.8, 4) is 5.75 Å². The molecule has 3 rings (SSSR count). The number of para-hydroxylation sites is 2. The first-order chi connectivity index (χ1) is 11.3. The minimum absolute atomic E-state index is 0.137. The fourth-order valence-corrected chi connectivity index (χ4v) is 1.81. The Balaban J connectivity index is 0.000000185. The summed E-state index contributed by atoms with van der Waals surface area (Å²) in [5.74, 6) is 0.913. The maximum absolute atomic E-state index is 10.0. The van der Waals surface area contributed by atoms with Crippen LogP contribution in [-0.2, 0) is 6.61 Å². The number of nitrogens with zero attached hydrogens (tertiary/aromatic N) is 1. The van der Waals surface area contributed by atoms with Crippen molar-refractivity contribution in [2.75, 3.05) is 0 Å². The molecule has 0 aromatic heterocycles. The standard InChI is InChI=1S/C13H12O.C6H5NO2/c1-3-7-12(8-4-1)11-14-13-9-5-2-6-10-13;8-7(9)6-4-2-1-3-5-6/h1-10H,11H2;1-5H. The summed E-state index contributed by atoms with van der Waals surface area (Å²) >= 11 is 0. The van der Waals surface area contributed by atoms with Crippen molar-refractivity contribution in [1.29, 1.82) is 0 Å². The Labute approximate surface area is 135 Å². The third-order valence-electron chi connectivity index (χ3n) is 2.96. The Morgan fingerprint density at radius 3 is 1.70 bits per heavy atom. The molecule has 0 saturated heterocycles. The predicted molar refractivity (Wildman–Crippen MR) is 90.3 cm³/mol. The number of nitro benzene ring substituents is 1. The first-order valence-corrected chi connectivity index (χ1v) is 7.17. The topological polar surface area (TPSA) is 52.4 Å². The first kappa shape index (κ1) is 16.2. The van der Waals surface area contributed by atoms with E-state index in [1.807, 2.05) is 48.5 Å². The van der Waals surface area contributed by atoms with Crippen LogP contribution in [0.25, 0.3) is 0 Å². The molecule has 0 radical (unpaired) electrons. The van der Waals surface area contributed by atoms with Crippen LogP contribution >= 0.6 is 0 Å². The number of rotatable bonds is 4. The molecule has 0 fully saturated rings. The monoisotopic (exact) mass is 307 g/mol. The molecule has 0 bridgehead atoms. The van der Waals surface area contributed by atoms with Gasteiger partial charge in [-0.2, -0.15) is 0 Å². The van der Waals surface area contributed by atoms with Gasteiger partial charge in [0.25, 0.3) is 5.69 Å². The normalized spacial score (nSPS) is 9.39. The lowest BCUT2D eigenvalue weighted by Gasteiger charge is -2.05. The minimum Gasteiger partial charge on any atom is -0.489 e. The highest BCUT2D eigenvalue weighted by molar-refractivity contribution is 5.28. The number of nitro groups is 1. The molecule has 0 amide bonds. The average molecular weight is 307 g/mol. The van der Waals surface area contributed by atoms with Gasteiger partial charge in [0, 0.05) is 12.1 Å². The zero-order chi connectivity index (χ0) is 16.3. The van der Waals surface area contributed by atoms with Crippen molar-refractivity contribution in [3.63, 3.8) is 0 Å². The van der Waals surface area contributed by atoms with Crippen LogP contribution in [0.4, 0.5) is 5.69 Å². The van der Waals surface area contributed by atoms with Gasteiger partial charge in [0.05, 0.1) is 4.92 Å². The summed E-state index contributed by atoms with van der Waals surface area (Å²) in [5.41, 5.74) is 1.33. The smallest absolute Gasteiger partial charge is 0.269 e. The van der Waals surface area contributed by atoms with E-state index in [2.05, 4.69) is 12.1 Å². The number of benzene rings is 3. The fourth-order valence-electron chi connectivity index (χ4n) is 1.81. The van der Waals surface area contributed by atoms with Gasteiger partial charge < -0.3 is 4.74 Å². The second-order valence-electron chi connectivity index (χ2n) is 4.68. The minimum atomic E-state index is -0.417. The summed E-state index contributed by atoms with van der Waals surface area (Å²) in [5, 5.41) is 10.0. The average Bonchev–Trinajstić information content (AvgIpc) is 2.63. The van der Waals surface area contributed by atoms with Gasteiger partial charge in [0.15, 0.2) is 0 Å². The van der Waals surface area contributed by atoms with E-state index in [4.69, 9.17) is 4.74 Å². The van der Waals surface area contributed by atoms with Crippen LogP contribution in [0.3, 0.4) is 0 Å². The van der Waals surface area contributed by atoms with Gasteiger partial charge in [-0.15, -0.1) is 0 Å². The van der Waals surface area contributed by atoms with Gasteiger partial charge in [0.1, 0.15) is 12.4 Å². The zero-order valence-corrected chi connectivity index (χ0v) is 12.5. The van der Waals surface area contributed by atoms with Gasteiger partial charge in [-0.3, -0.25) is 10.1 Å². The van der Waals surface area contributed by atoms with Crippen molar-refractivity contribution in [3.05, 3.63) is 107 Å². The third kappa shape index (κ3) is 6.01. The third-order valence-corrected chi connectivity index (χ3v) is 2.96. The summed E-state index contributed by atoms with van der Waals surface area (Å²) in [6.45, 7) is 0.630. The predicted octanol–water partition coefficient (Wildman–Crippen LogP) is 4.86. The number of ether oxygens (including phenoxy) is 1. The van der Waals surface area contributed by atoms with E-state index in [9.17, 15) is 10.1 Å². The van der Waals surface area contributed by atoms with Gasteiger partial charge in [0.2, 0.25) is 0 Å². The molecule has 0 saturated carbocycles. The van der Waals surface area contributed by atoms with Gasteiger partial charge >= 0.3 is 0 Å². The highest BCUT2D eigenvalue weighted by Crippen LogP contribution is 2.11. The van der Waals surface area contributed by atoms with Crippen LogP contribution in [-0.4, -0.2) is 4.92 Å². The number of hydrogen-bond donors (Lipinski definition) is 0. The van der Waals surface area contributed by atoms with Gasteiger partial charge in [-0.1, -0.05) is 66.7 Å². The van der Waals surface area contributed by atoms with Crippen LogP contribution in [0.15, 0.2) is 91.0 Å². The van der Waals surface area contributed by atoms with Crippen molar-refractivity contribution < 1.29 is 9.66 Å². The highest BCUT2D eigenvalue weighted by atomic mass is 16.6. The van der Waals surface area contributed by atoms with E-state index < -0.39 is 4.92 Å². The van der Waals surface area contributed by atoms with E-state index in [1.165, 1.54) is 17.7 Å². The maximum atomic E-state index is 10.0. The Kier molecular flexibility index (Phi) is 6.35. The summed E-state index contributed by atoms with van der Waals surface area (Å²) in [4.78, 5) is 9.59. The summed E-state index contributed by atoms with van der Waals surface area (Å²) in [7, 11) is 0. The Bertz CT molecular complexity index is 661. The molecule has 0 unspecified atom stereocenters. The second kappa shape index (κ2) is 9.00. The van der Waals surface area contributed by atoms with Crippen LogP contribution in [0.5, 0.6) is 5.75 Å². The molecule has 0 aliphatic rings. The van der Waals surface area contributed by atoms with E-state index in [-0.39, 0.29) is 5.69 Å². The summed E-state index contributed by atoms with van der Waals surface area (Å²) in [6.07, 6.45) is 0. The van der Waals surface area contributed by atoms with Crippen LogP contribution in [0.2, 0.25) is 0 Å². The Morgan fingerprint density at radius 1 is 0.739 bits per heavy atom. The quantitative estimate of drug-likeness (QED) is 0.511. The molecule has 4 nitrogen and oxygen atoms in total. The van der Waals surface area contributed by atoms with Crippen molar-refractivity contribution in [1.82, 2.24) is 0 Å². The van der Waals surface area contributed by atoms with E-state index in [1.54, 1.807) is 18.2 Å². The molecule has 3 aromatic carbocycles. The van der Waals surface area contributed by atoms with Gasteiger partial charge in [-0.05, 0) is 17.7 Å². The Hall–Kier alpha value is -3.14. The molecule has 0 spiro atoms. The molecule has 0 aliphatic carbocycles. The zero-order valence-electron chi connectivity index (χ0n) is 12.5. The molecule has 0 N–H and O–H groups in total. The molecule has 0 aliphatic heterocycles. The molecule has 23 heavy (non-hydrogen) atoms. The lowest BCUT2D eigenvalue weighted by atomic mass is 10.2. The lowest BCUT2D eigenvalue weighted by Crippen LogP contribution is -1.94. The highest BCUT2D eigenvalue weighted by Gasteiger charge is 1.98. The SMILES string of the molecule is O=[N+]([O-])c1ccccc1.c1ccc(COc2ccccc2)cc1. The molecule has 3 aromatic rings. The summed E-state index contributed by atoms with van der Waals surface area (Å²) in [6, 6.07) is 27.9. The van der Waals surface area contributed by atoms with Crippen molar-refractivity contribution in [2.45, 2.75) is 6.61 Å². The Morgan fingerprint density at radius 2 is 1.22 bits per heavy atom. The molecular weight excluding hydrogens is 290 g/mol. The van der Waals surface area contributed by atoms with Crippen molar-refractivity contribution in [2.24, 2.45) is 0 Å². The number of hydrogen-bond acceptors (Lipinski definition) is 3. The molecular formula is C19H17NO3. The van der Waals surface area contributed by atoms with E-state index in [0.717, 1.165) is 5.75 Å². The van der Waals surface area contributed by atoms with Crippen LogP contribution < -0.4 is 4.74 Å². The fraction of sp³-hybridized carbons (Fsp3) is 0.0526. The maximum Gasteiger partial charge on any atom is 0.269 e. The summed E-state index contributed by atoms with van der Waals surface area (Å²) < 4.78 is 5.59. The van der Waals surface area contributed by atoms with E-state index >= 15 is 0 Å². The molecule has 0 atom stereocenters. The van der Waals surface area contributed by atoms with E-state index in [0.29, 0.717) is 6.61 Å². The van der Waals surface area contributed by atoms with Gasteiger partial charge in [-0.25, -0.2) is 0 Å². The largest absolute Gasteiger partial charge is 0.489 e.